The van der Waals surface area contributed by atoms with Crippen LogP contribution in [-0.2, 0) is 0 Å². The lowest BCUT2D eigenvalue weighted by Gasteiger charge is -2.10. The Morgan fingerprint density at radius 2 is 1.94 bits per heavy atom. The van der Waals surface area contributed by atoms with E-state index in [2.05, 4.69) is 10.2 Å². The molecule has 0 radical (unpaired) electrons. The number of rotatable bonds is 2. The summed E-state index contributed by atoms with van der Waals surface area (Å²) in [5.74, 6) is -0.618. The fraction of sp³-hybridized carbons (Fsp3) is 0. The predicted molar refractivity (Wildman–Crippen MR) is 67.0 cm³/mol. The zero-order valence-electron chi connectivity index (χ0n) is 8.88. The Bertz CT molecular complexity index is 720. The van der Waals surface area contributed by atoms with E-state index in [9.17, 15) is 14.1 Å². The van der Waals surface area contributed by atoms with Gasteiger partial charge in [0.25, 0.3) is 5.56 Å². The summed E-state index contributed by atoms with van der Waals surface area (Å²) in [5.41, 5.74) is 4.85. The molecule has 1 aromatic heterocycles. The van der Waals surface area contributed by atoms with E-state index < -0.39 is 17.1 Å². The highest BCUT2D eigenvalue weighted by Crippen LogP contribution is 2.20. The summed E-state index contributed by atoms with van der Waals surface area (Å²) >= 11 is 4.94. The number of nitrogens with zero attached hydrogens (tertiary/aromatic N) is 2. The Balaban J connectivity index is 2.79. The maximum Gasteiger partial charge on any atom is 0.283 e. The monoisotopic (exact) mass is 266 g/mol. The molecule has 1 aromatic carbocycles. The van der Waals surface area contributed by atoms with Gasteiger partial charge >= 0.3 is 0 Å². The van der Waals surface area contributed by atoms with Crippen LogP contribution in [0.2, 0.25) is 0 Å². The molecule has 0 fully saturated rings. The van der Waals surface area contributed by atoms with Crippen LogP contribution in [-0.4, -0.2) is 9.55 Å². The van der Waals surface area contributed by atoms with Gasteiger partial charge < -0.3 is 5.73 Å². The number of H-pyrrole nitrogens is 1. The number of halogens is 1. The molecule has 0 aliphatic carbocycles. The number of hydrogen-bond donors (Lipinski definition) is 2. The highest BCUT2D eigenvalue weighted by atomic mass is 32.1. The topological polar surface area (TPSA) is 93.2 Å². The predicted octanol–water partition coefficient (Wildman–Crippen LogP) is 2.01. The van der Waals surface area contributed by atoms with Crippen LogP contribution in [0.25, 0.3) is 5.69 Å². The van der Waals surface area contributed by atoms with Crippen molar-refractivity contribution in [3.8, 4) is 5.69 Å². The van der Waals surface area contributed by atoms with Gasteiger partial charge in [0.15, 0.2) is 4.77 Å². The van der Waals surface area contributed by atoms with Gasteiger partial charge in [0.05, 0.1) is 5.69 Å². The van der Waals surface area contributed by atoms with Gasteiger partial charge in [-0.3, -0.25) is 14.3 Å². The van der Waals surface area contributed by atoms with Crippen molar-refractivity contribution in [3.63, 3.8) is 0 Å². The summed E-state index contributed by atoms with van der Waals surface area (Å²) in [5, 5.41) is 2.55. The van der Waals surface area contributed by atoms with Gasteiger partial charge in [0.1, 0.15) is 11.6 Å². The van der Waals surface area contributed by atoms with Crippen LogP contribution < -0.4 is 11.3 Å². The first-order valence-corrected chi connectivity index (χ1v) is 5.19. The van der Waals surface area contributed by atoms with Gasteiger partial charge in [-0.1, -0.05) is 0 Å². The van der Waals surface area contributed by atoms with Crippen molar-refractivity contribution in [1.29, 1.82) is 0 Å². The Kier molecular flexibility index (Phi) is 3.02. The molecule has 8 heteroatoms. The van der Waals surface area contributed by atoms with Crippen molar-refractivity contribution in [2.45, 2.75) is 0 Å². The molecule has 0 aliphatic rings. The second kappa shape index (κ2) is 4.49. The summed E-state index contributed by atoms with van der Waals surface area (Å²) in [6.07, 6.45) is 0. The molecule has 92 valence electrons. The molecule has 3 N–H and O–H groups in total. The fourth-order valence-corrected chi connectivity index (χ4v) is 1.78. The van der Waals surface area contributed by atoms with Crippen LogP contribution in [0.15, 0.2) is 34.2 Å². The third-order valence-corrected chi connectivity index (χ3v) is 2.58. The normalized spacial score (nSPS) is 10.3. The van der Waals surface area contributed by atoms with E-state index >= 15 is 0 Å². The lowest BCUT2D eigenvalue weighted by atomic mass is 10.3. The zero-order valence-corrected chi connectivity index (χ0v) is 9.70. The maximum atomic E-state index is 12.8. The smallest absolute Gasteiger partial charge is 0.283 e. The van der Waals surface area contributed by atoms with Crippen LogP contribution in [0.1, 0.15) is 0 Å². The van der Waals surface area contributed by atoms with Gasteiger partial charge in [0, 0.05) is 0 Å². The van der Waals surface area contributed by atoms with Crippen molar-refractivity contribution < 1.29 is 4.39 Å². The van der Waals surface area contributed by atoms with Crippen LogP contribution in [0, 0.1) is 15.5 Å². The number of hydrogen-bond acceptors (Lipinski definition) is 5. The molecule has 0 spiro atoms. The highest BCUT2D eigenvalue weighted by molar-refractivity contribution is 7.71. The second-order valence-corrected chi connectivity index (χ2v) is 3.78. The van der Waals surface area contributed by atoms with Gasteiger partial charge in [0.2, 0.25) is 5.69 Å². The van der Waals surface area contributed by atoms with Gasteiger partial charge in [-0.25, -0.2) is 4.39 Å². The Hall–Kier alpha value is -2.35. The van der Waals surface area contributed by atoms with E-state index in [-0.39, 0.29) is 10.6 Å². The molecule has 6 nitrogen and oxygen atoms in total. The van der Waals surface area contributed by atoms with E-state index in [1.165, 1.54) is 28.8 Å². The van der Waals surface area contributed by atoms with Crippen LogP contribution in [0.3, 0.4) is 0 Å². The first-order valence-electron chi connectivity index (χ1n) is 4.78. The van der Waals surface area contributed by atoms with Crippen molar-refractivity contribution >= 4 is 23.7 Å². The molecule has 2 rings (SSSR count). The van der Waals surface area contributed by atoms with Gasteiger partial charge in [-0.15, -0.1) is 4.91 Å². The van der Waals surface area contributed by atoms with Crippen molar-refractivity contribution in [2.75, 3.05) is 5.73 Å². The minimum atomic E-state index is -0.758. The van der Waals surface area contributed by atoms with E-state index in [0.29, 0.717) is 5.69 Å². The highest BCUT2D eigenvalue weighted by Gasteiger charge is 2.12. The summed E-state index contributed by atoms with van der Waals surface area (Å²) in [7, 11) is 0. The number of nitrogens with two attached hydrogens (primary N) is 1. The number of nitrogens with one attached hydrogen (secondary N) is 1. The third kappa shape index (κ3) is 1.93. The zero-order chi connectivity index (χ0) is 13.3. The SMILES string of the molecule is Nc1c(N=O)c(=O)[nH]c(=S)n1-c1ccc(F)cc1. The van der Waals surface area contributed by atoms with Crippen LogP contribution >= 0.6 is 12.2 Å². The fourth-order valence-electron chi connectivity index (χ4n) is 1.48. The lowest BCUT2D eigenvalue weighted by molar-refractivity contribution is 0.627. The number of aromatic nitrogens is 2. The number of anilines is 1. The molecular formula is C10H7FN4O2S. The lowest BCUT2D eigenvalue weighted by Crippen LogP contribution is -2.16. The summed E-state index contributed by atoms with van der Waals surface area (Å²) in [6.45, 7) is 0. The number of nitrogen functional groups attached to an aromatic ring is 1. The number of benzene rings is 1. The summed E-state index contributed by atoms with van der Waals surface area (Å²) < 4.78 is 14.0. The van der Waals surface area contributed by atoms with Crippen molar-refractivity contribution in [2.24, 2.45) is 5.18 Å². The first-order chi connectivity index (χ1) is 8.54. The molecule has 0 atom stereocenters. The molecular weight excluding hydrogens is 259 g/mol. The van der Waals surface area contributed by atoms with E-state index in [4.69, 9.17) is 18.0 Å². The quantitative estimate of drug-likeness (QED) is 0.642. The molecule has 0 saturated carbocycles. The Labute approximate surface area is 105 Å². The van der Waals surface area contributed by atoms with E-state index in [1.54, 1.807) is 0 Å². The number of nitroso groups, excluding NO2 is 1. The first kappa shape index (κ1) is 12.1. The van der Waals surface area contributed by atoms with E-state index in [1.807, 2.05) is 0 Å². The average Bonchev–Trinajstić information content (AvgIpc) is 2.31. The summed E-state index contributed by atoms with van der Waals surface area (Å²) in [6, 6.07) is 5.23. The molecule has 0 amide bonds. The second-order valence-electron chi connectivity index (χ2n) is 3.40. The van der Waals surface area contributed by atoms with Crippen molar-refractivity contribution in [3.05, 3.63) is 50.1 Å². The molecule has 0 saturated heterocycles. The van der Waals surface area contributed by atoms with E-state index in [0.717, 1.165) is 0 Å². The Morgan fingerprint density at radius 1 is 1.33 bits per heavy atom. The largest absolute Gasteiger partial charge is 0.383 e. The molecule has 0 bridgehead atoms. The van der Waals surface area contributed by atoms with Crippen LogP contribution in [0.5, 0.6) is 0 Å². The molecule has 2 aromatic rings. The average molecular weight is 266 g/mol. The standard InChI is InChI=1S/C10H7FN4O2S/c11-5-1-3-6(4-2-5)15-8(12)7(14-17)9(16)13-10(15)18/h1-4H,12H2,(H,13,16,18). The van der Waals surface area contributed by atoms with Gasteiger partial charge in [-0.05, 0) is 41.7 Å². The Morgan fingerprint density at radius 3 is 2.50 bits per heavy atom. The molecule has 1 heterocycles. The summed E-state index contributed by atoms with van der Waals surface area (Å²) in [4.78, 5) is 24.2. The van der Waals surface area contributed by atoms with Crippen molar-refractivity contribution in [1.82, 2.24) is 9.55 Å². The number of aromatic amines is 1. The molecule has 0 aliphatic heterocycles. The van der Waals surface area contributed by atoms with Gasteiger partial charge in [-0.2, -0.15) is 0 Å². The third-order valence-electron chi connectivity index (χ3n) is 2.30. The minimum absolute atomic E-state index is 0.00323. The maximum absolute atomic E-state index is 12.8. The molecule has 0 unspecified atom stereocenters. The minimum Gasteiger partial charge on any atom is -0.383 e. The van der Waals surface area contributed by atoms with Crippen LogP contribution in [0.4, 0.5) is 15.9 Å². The molecule has 18 heavy (non-hydrogen) atoms.